The molecule has 0 bridgehead atoms. The molecule has 7 heteroatoms. The van der Waals surface area contributed by atoms with Crippen LogP contribution in [-0.2, 0) is 9.59 Å². The standard InChI is InChI=1S/C20H20N2O4S/c1-27-18-5-3-2-4-15(18)21-20(24)13-10-19(23)22(12-13)14-6-7-16-17(11-14)26-9-8-25-16/h2-7,11,13H,8-10,12H2,1H3,(H,21,24)/t13-/m1/s1. The van der Waals surface area contributed by atoms with Crippen LogP contribution in [0.15, 0.2) is 47.4 Å². The third-order valence-corrected chi connectivity index (χ3v) is 5.49. The summed E-state index contributed by atoms with van der Waals surface area (Å²) in [6, 6.07) is 13.1. The number of thioether (sulfide) groups is 1. The number of amides is 2. The van der Waals surface area contributed by atoms with Crippen LogP contribution in [0.1, 0.15) is 6.42 Å². The molecule has 1 fully saturated rings. The van der Waals surface area contributed by atoms with Crippen molar-refractivity contribution in [1.29, 1.82) is 0 Å². The summed E-state index contributed by atoms with van der Waals surface area (Å²) in [5, 5.41) is 2.96. The molecule has 4 rings (SSSR count). The molecule has 6 nitrogen and oxygen atoms in total. The van der Waals surface area contributed by atoms with Crippen molar-refractivity contribution in [3.63, 3.8) is 0 Å². The summed E-state index contributed by atoms with van der Waals surface area (Å²) in [4.78, 5) is 27.8. The predicted octanol–water partition coefficient (Wildman–Crippen LogP) is 3.17. The Morgan fingerprint density at radius 2 is 1.93 bits per heavy atom. The number of nitrogens with one attached hydrogen (secondary N) is 1. The minimum Gasteiger partial charge on any atom is -0.486 e. The summed E-state index contributed by atoms with van der Waals surface area (Å²) in [6.45, 7) is 1.37. The van der Waals surface area contributed by atoms with Gasteiger partial charge in [-0.3, -0.25) is 9.59 Å². The van der Waals surface area contributed by atoms with E-state index in [0.717, 1.165) is 16.3 Å². The van der Waals surface area contributed by atoms with Gasteiger partial charge in [0.15, 0.2) is 11.5 Å². The van der Waals surface area contributed by atoms with Crippen LogP contribution in [0, 0.1) is 5.92 Å². The fraction of sp³-hybridized carbons (Fsp3) is 0.300. The van der Waals surface area contributed by atoms with Crippen LogP contribution < -0.4 is 19.7 Å². The zero-order valence-electron chi connectivity index (χ0n) is 14.9. The molecular formula is C20H20N2O4S. The summed E-state index contributed by atoms with van der Waals surface area (Å²) in [6.07, 6.45) is 2.16. The van der Waals surface area contributed by atoms with E-state index in [0.29, 0.717) is 31.3 Å². The van der Waals surface area contributed by atoms with Crippen molar-refractivity contribution in [2.75, 3.05) is 36.2 Å². The quantitative estimate of drug-likeness (QED) is 0.820. The van der Waals surface area contributed by atoms with Crippen LogP contribution in [0.25, 0.3) is 0 Å². The Labute approximate surface area is 161 Å². The maximum atomic E-state index is 12.7. The normalized spacial score (nSPS) is 18.5. The highest BCUT2D eigenvalue weighted by Crippen LogP contribution is 2.36. The molecule has 2 aromatic rings. The van der Waals surface area contributed by atoms with E-state index in [2.05, 4.69) is 5.32 Å². The van der Waals surface area contributed by atoms with E-state index >= 15 is 0 Å². The van der Waals surface area contributed by atoms with Crippen molar-refractivity contribution in [2.24, 2.45) is 5.92 Å². The average molecular weight is 384 g/mol. The second-order valence-electron chi connectivity index (χ2n) is 6.42. The molecule has 2 heterocycles. The van der Waals surface area contributed by atoms with Crippen molar-refractivity contribution < 1.29 is 19.1 Å². The van der Waals surface area contributed by atoms with E-state index in [4.69, 9.17) is 9.47 Å². The molecule has 2 amide bonds. The summed E-state index contributed by atoms with van der Waals surface area (Å²) in [5.74, 6) is 0.725. The Bertz CT molecular complexity index is 886. The van der Waals surface area contributed by atoms with Gasteiger partial charge in [-0.15, -0.1) is 11.8 Å². The van der Waals surface area contributed by atoms with Crippen molar-refractivity contribution in [3.8, 4) is 11.5 Å². The van der Waals surface area contributed by atoms with Gasteiger partial charge in [-0.1, -0.05) is 12.1 Å². The number of nitrogens with zero attached hydrogens (tertiary/aromatic N) is 1. The molecule has 0 aliphatic carbocycles. The van der Waals surface area contributed by atoms with Crippen LogP contribution in [0.2, 0.25) is 0 Å². The Balaban J connectivity index is 1.48. The van der Waals surface area contributed by atoms with E-state index in [1.807, 2.05) is 36.6 Å². The van der Waals surface area contributed by atoms with Gasteiger partial charge in [0.1, 0.15) is 13.2 Å². The summed E-state index contributed by atoms with van der Waals surface area (Å²) in [5.41, 5.74) is 1.50. The van der Waals surface area contributed by atoms with Gasteiger partial charge in [0, 0.05) is 29.6 Å². The van der Waals surface area contributed by atoms with E-state index in [1.165, 1.54) is 0 Å². The fourth-order valence-electron chi connectivity index (χ4n) is 3.32. The number of fused-ring (bicyclic) bond motifs is 1. The van der Waals surface area contributed by atoms with Crippen LogP contribution in [0.5, 0.6) is 11.5 Å². The molecule has 0 radical (unpaired) electrons. The van der Waals surface area contributed by atoms with Gasteiger partial charge in [0.2, 0.25) is 11.8 Å². The predicted molar refractivity (Wildman–Crippen MR) is 105 cm³/mol. The van der Waals surface area contributed by atoms with Crippen LogP contribution >= 0.6 is 11.8 Å². The molecule has 1 saturated heterocycles. The fourth-order valence-corrected chi connectivity index (χ4v) is 3.87. The molecule has 0 saturated carbocycles. The average Bonchev–Trinajstić information content (AvgIpc) is 3.10. The van der Waals surface area contributed by atoms with Gasteiger partial charge in [-0.2, -0.15) is 0 Å². The minimum atomic E-state index is -0.388. The summed E-state index contributed by atoms with van der Waals surface area (Å²) in [7, 11) is 0. The summed E-state index contributed by atoms with van der Waals surface area (Å²) >= 11 is 1.57. The number of carbonyl (C=O) groups is 2. The van der Waals surface area contributed by atoms with Crippen molar-refractivity contribution in [3.05, 3.63) is 42.5 Å². The number of rotatable bonds is 4. The number of hydrogen-bond acceptors (Lipinski definition) is 5. The van der Waals surface area contributed by atoms with Crippen molar-refractivity contribution >= 4 is 35.0 Å². The van der Waals surface area contributed by atoms with Crippen molar-refractivity contribution in [1.82, 2.24) is 0 Å². The Hall–Kier alpha value is -2.67. The highest BCUT2D eigenvalue weighted by atomic mass is 32.2. The van der Waals surface area contributed by atoms with Gasteiger partial charge in [-0.25, -0.2) is 0 Å². The number of carbonyl (C=O) groups excluding carboxylic acids is 2. The molecule has 2 aliphatic heterocycles. The topological polar surface area (TPSA) is 67.9 Å². The first-order chi connectivity index (χ1) is 13.2. The third-order valence-electron chi connectivity index (χ3n) is 4.70. The van der Waals surface area contributed by atoms with Gasteiger partial charge < -0.3 is 19.7 Å². The summed E-state index contributed by atoms with van der Waals surface area (Å²) < 4.78 is 11.1. The number of anilines is 2. The van der Waals surface area contributed by atoms with Gasteiger partial charge in [0.25, 0.3) is 0 Å². The first-order valence-corrected chi connectivity index (χ1v) is 10.0. The Kier molecular flexibility index (Phi) is 4.94. The number of hydrogen-bond donors (Lipinski definition) is 1. The molecule has 2 aliphatic rings. The SMILES string of the molecule is CSc1ccccc1NC(=O)[C@@H]1CC(=O)N(c2ccc3c(c2)OCCO3)C1. The zero-order chi connectivity index (χ0) is 18.8. The molecule has 1 N–H and O–H groups in total. The lowest BCUT2D eigenvalue weighted by Gasteiger charge is -2.22. The highest BCUT2D eigenvalue weighted by Gasteiger charge is 2.35. The van der Waals surface area contributed by atoms with Crippen LogP contribution in [-0.4, -0.2) is 37.8 Å². The van der Waals surface area contributed by atoms with Crippen LogP contribution in [0.4, 0.5) is 11.4 Å². The molecule has 2 aromatic carbocycles. The smallest absolute Gasteiger partial charge is 0.229 e. The molecule has 0 unspecified atom stereocenters. The van der Waals surface area contributed by atoms with Crippen LogP contribution in [0.3, 0.4) is 0 Å². The maximum Gasteiger partial charge on any atom is 0.229 e. The first-order valence-electron chi connectivity index (χ1n) is 8.79. The lowest BCUT2D eigenvalue weighted by molar-refractivity contribution is -0.122. The van der Waals surface area contributed by atoms with Gasteiger partial charge >= 0.3 is 0 Å². The molecule has 0 spiro atoms. The maximum absolute atomic E-state index is 12.7. The van der Waals surface area contributed by atoms with E-state index in [-0.39, 0.29) is 24.2 Å². The monoisotopic (exact) mass is 384 g/mol. The first kappa shape index (κ1) is 17.7. The lowest BCUT2D eigenvalue weighted by atomic mass is 10.1. The number of benzene rings is 2. The Morgan fingerprint density at radius 3 is 2.74 bits per heavy atom. The lowest BCUT2D eigenvalue weighted by Crippen LogP contribution is -2.28. The van der Waals surface area contributed by atoms with E-state index < -0.39 is 0 Å². The van der Waals surface area contributed by atoms with Gasteiger partial charge in [0.05, 0.1) is 11.6 Å². The van der Waals surface area contributed by atoms with E-state index in [1.54, 1.807) is 28.8 Å². The van der Waals surface area contributed by atoms with Gasteiger partial charge in [-0.05, 0) is 30.5 Å². The van der Waals surface area contributed by atoms with Crippen molar-refractivity contribution in [2.45, 2.75) is 11.3 Å². The molecule has 1 atom stereocenters. The number of ether oxygens (including phenoxy) is 2. The second kappa shape index (κ2) is 7.52. The molecule has 140 valence electrons. The Morgan fingerprint density at radius 1 is 1.15 bits per heavy atom. The zero-order valence-corrected chi connectivity index (χ0v) is 15.8. The second-order valence-corrected chi connectivity index (χ2v) is 7.27. The van der Waals surface area contributed by atoms with E-state index in [9.17, 15) is 9.59 Å². The molecule has 27 heavy (non-hydrogen) atoms. The molecular weight excluding hydrogens is 364 g/mol. The number of para-hydroxylation sites is 1. The minimum absolute atomic E-state index is 0.0648. The largest absolute Gasteiger partial charge is 0.486 e. The third kappa shape index (κ3) is 3.60. The molecule has 0 aromatic heterocycles. The highest BCUT2D eigenvalue weighted by molar-refractivity contribution is 7.98.